The molecule has 9 rings (SSSR count). The molecule has 0 fully saturated rings. The van der Waals surface area contributed by atoms with E-state index in [2.05, 4.69) is 61.2 Å². The van der Waals surface area contributed by atoms with E-state index in [1.807, 2.05) is 20.8 Å². The molecule has 0 spiro atoms. The first-order valence-electron chi connectivity index (χ1n) is 21.0. The zero-order chi connectivity index (χ0) is 48.9. The number of alkyl halides is 1. The SMILES string of the molecule is CCOC(=O)c1ccn(-c2nc(C)cc(Nc3ccc(F)cc3)n2)n1.Cc1cc(Nc2ccc(F)cc2)nc(-n2ccc(CF)n2)n1.Cc1cc(Nc2ccc(F)cc2)nc(-n2ccc(CO)n2)n1. The number of aliphatic hydroxyl groups excluding tert-OH is 1. The Morgan fingerprint density at radius 1 is 0.536 bits per heavy atom. The van der Waals surface area contributed by atoms with Gasteiger partial charge in [0.2, 0.25) is 0 Å². The lowest BCUT2D eigenvalue weighted by molar-refractivity contribution is 0.0519. The molecule has 0 saturated heterocycles. The van der Waals surface area contributed by atoms with Gasteiger partial charge >= 0.3 is 5.97 Å². The third-order valence-corrected chi connectivity index (χ3v) is 9.15. The monoisotopic (exact) mass is 941 g/mol. The van der Waals surface area contributed by atoms with Crippen molar-refractivity contribution in [1.82, 2.24) is 59.2 Å². The van der Waals surface area contributed by atoms with Crippen molar-refractivity contribution in [2.45, 2.75) is 41.0 Å². The number of esters is 1. The second-order valence-corrected chi connectivity index (χ2v) is 14.6. The number of carbonyl (C=O) groups is 1. The molecule has 22 heteroatoms. The number of ether oxygens (including phenoxy) is 1. The summed E-state index contributed by atoms with van der Waals surface area (Å²) in [5.74, 6) is 1.28. The molecule has 4 N–H and O–H groups in total. The molecule has 69 heavy (non-hydrogen) atoms. The molecule has 3 aromatic carbocycles. The van der Waals surface area contributed by atoms with E-state index in [4.69, 9.17) is 9.84 Å². The van der Waals surface area contributed by atoms with Crippen molar-refractivity contribution in [2.24, 2.45) is 0 Å². The number of rotatable bonds is 13. The third-order valence-electron chi connectivity index (χ3n) is 9.15. The van der Waals surface area contributed by atoms with Crippen LogP contribution in [0, 0.1) is 38.2 Å². The van der Waals surface area contributed by atoms with Gasteiger partial charge in [-0.1, -0.05) is 0 Å². The zero-order valence-electron chi connectivity index (χ0n) is 37.4. The second kappa shape index (κ2) is 22.5. The first-order chi connectivity index (χ1) is 33.3. The van der Waals surface area contributed by atoms with Crippen LogP contribution < -0.4 is 16.0 Å². The van der Waals surface area contributed by atoms with E-state index >= 15 is 0 Å². The van der Waals surface area contributed by atoms with E-state index in [0.717, 1.165) is 17.1 Å². The largest absolute Gasteiger partial charge is 0.461 e. The molecular formula is C47H43F4N15O3. The molecule has 0 radical (unpaired) electrons. The normalized spacial score (nSPS) is 10.6. The summed E-state index contributed by atoms with van der Waals surface area (Å²) in [5.41, 5.74) is 5.36. The molecule has 0 bridgehead atoms. The van der Waals surface area contributed by atoms with Gasteiger partial charge in [0, 0.05) is 70.9 Å². The number of hydrogen-bond acceptors (Lipinski definition) is 15. The summed E-state index contributed by atoms with van der Waals surface area (Å²) in [6, 6.07) is 28.0. The molecule has 0 atom stereocenters. The van der Waals surface area contributed by atoms with Crippen LogP contribution >= 0.6 is 0 Å². The molecule has 6 heterocycles. The van der Waals surface area contributed by atoms with Crippen LogP contribution in [0.25, 0.3) is 17.8 Å². The maximum Gasteiger partial charge on any atom is 0.358 e. The fraction of sp³-hybridized carbons (Fsp3) is 0.149. The highest BCUT2D eigenvalue weighted by Crippen LogP contribution is 2.20. The van der Waals surface area contributed by atoms with Crippen molar-refractivity contribution in [2.75, 3.05) is 22.6 Å². The van der Waals surface area contributed by atoms with Crippen molar-refractivity contribution in [3.63, 3.8) is 0 Å². The summed E-state index contributed by atoms with van der Waals surface area (Å²) in [6.45, 7) is 6.71. The maximum absolute atomic E-state index is 13.0. The van der Waals surface area contributed by atoms with Gasteiger partial charge < -0.3 is 25.8 Å². The van der Waals surface area contributed by atoms with Crippen molar-refractivity contribution >= 4 is 40.5 Å². The topological polar surface area (TPSA) is 213 Å². The highest BCUT2D eigenvalue weighted by Gasteiger charge is 2.14. The molecule has 9 aromatic rings. The van der Waals surface area contributed by atoms with Crippen LogP contribution in [-0.2, 0) is 18.0 Å². The Kier molecular flexibility index (Phi) is 15.7. The summed E-state index contributed by atoms with van der Waals surface area (Å²) in [6.07, 6.45) is 4.87. The molecule has 18 nitrogen and oxygen atoms in total. The number of nitrogens with one attached hydrogen (secondary N) is 3. The number of nitrogens with zero attached hydrogens (tertiary/aromatic N) is 12. The third kappa shape index (κ3) is 13.6. The summed E-state index contributed by atoms with van der Waals surface area (Å²) < 4.78 is 60.6. The number of anilines is 6. The van der Waals surface area contributed by atoms with Crippen LogP contribution in [0.15, 0.2) is 128 Å². The van der Waals surface area contributed by atoms with E-state index in [-0.39, 0.29) is 36.4 Å². The average Bonchev–Trinajstić information content (AvgIpc) is 4.14. The summed E-state index contributed by atoms with van der Waals surface area (Å²) >= 11 is 0. The number of aromatic nitrogens is 12. The fourth-order valence-corrected chi connectivity index (χ4v) is 6.05. The highest BCUT2D eigenvalue weighted by atomic mass is 19.1. The number of aliphatic hydroxyl groups is 1. The van der Waals surface area contributed by atoms with Gasteiger partial charge in [0.25, 0.3) is 17.8 Å². The van der Waals surface area contributed by atoms with Crippen molar-refractivity contribution in [1.29, 1.82) is 0 Å². The van der Waals surface area contributed by atoms with Gasteiger partial charge in [-0.2, -0.15) is 30.2 Å². The number of benzene rings is 3. The molecule has 352 valence electrons. The minimum absolute atomic E-state index is 0.139. The Bertz CT molecular complexity index is 2990. The van der Waals surface area contributed by atoms with Crippen LogP contribution in [-0.4, -0.2) is 76.9 Å². The van der Waals surface area contributed by atoms with E-state index in [9.17, 15) is 22.4 Å². The standard InChI is InChI=1S/C17H16FN5O2.C15H13F2N5.C15H14FN5O/c1-3-25-16(24)14-8-9-23(22-14)17-19-11(2)10-15(21-17)20-13-6-4-12(18)5-7-13;1-10-8-14(19-12-4-2-11(17)3-5-12)20-15(18-10)22-7-6-13(9-16)21-22;1-10-8-14(18-12-4-2-11(16)3-5-12)19-15(17-10)21-7-6-13(9-22)20-21/h4-10H,3H2,1-2H3,(H,19,20,21);2-8H,9H2,1H3,(H,18,19,20);2-8,22H,9H2,1H3,(H,17,18,19). The number of halogens is 4. The van der Waals surface area contributed by atoms with Crippen molar-refractivity contribution in [3.8, 4) is 17.8 Å². The van der Waals surface area contributed by atoms with E-state index in [1.165, 1.54) is 56.5 Å². The van der Waals surface area contributed by atoms with Gasteiger partial charge in [0.05, 0.1) is 24.6 Å². The molecule has 0 unspecified atom stereocenters. The number of hydrogen-bond donors (Lipinski definition) is 4. The first kappa shape index (κ1) is 48.0. The predicted octanol–water partition coefficient (Wildman–Crippen LogP) is 8.70. The minimum atomic E-state index is -0.639. The van der Waals surface area contributed by atoms with Crippen LogP contribution in [0.2, 0.25) is 0 Å². The summed E-state index contributed by atoms with van der Waals surface area (Å²) in [4.78, 5) is 37.7. The first-order valence-corrected chi connectivity index (χ1v) is 21.0. The van der Waals surface area contributed by atoms with Crippen LogP contribution in [0.4, 0.5) is 52.1 Å². The quantitative estimate of drug-likeness (QED) is 0.0629. The molecule has 6 aromatic heterocycles. The molecule has 0 aliphatic rings. The minimum Gasteiger partial charge on any atom is -0.461 e. The Morgan fingerprint density at radius 2 is 0.899 bits per heavy atom. The van der Waals surface area contributed by atoms with Gasteiger partial charge in [0.15, 0.2) is 5.69 Å². The van der Waals surface area contributed by atoms with E-state index in [0.29, 0.717) is 63.8 Å². The summed E-state index contributed by atoms with van der Waals surface area (Å²) in [5, 5.41) is 30.7. The van der Waals surface area contributed by atoms with E-state index in [1.54, 1.807) is 92.2 Å². The lowest BCUT2D eigenvalue weighted by atomic mass is 10.3. The Hall–Kier alpha value is -8.92. The maximum atomic E-state index is 13.0. The Morgan fingerprint density at radius 3 is 1.25 bits per heavy atom. The highest BCUT2D eigenvalue weighted by molar-refractivity contribution is 5.87. The lowest BCUT2D eigenvalue weighted by Crippen LogP contribution is -2.09. The molecule has 0 aliphatic carbocycles. The van der Waals surface area contributed by atoms with Crippen LogP contribution in [0.3, 0.4) is 0 Å². The van der Waals surface area contributed by atoms with Gasteiger partial charge in [-0.25, -0.2) is 51.4 Å². The smallest absolute Gasteiger partial charge is 0.358 e. The van der Waals surface area contributed by atoms with Crippen LogP contribution in [0.5, 0.6) is 0 Å². The van der Waals surface area contributed by atoms with Gasteiger partial charge in [-0.3, -0.25) is 0 Å². The molecular weight excluding hydrogens is 899 g/mol. The second-order valence-electron chi connectivity index (χ2n) is 14.6. The van der Waals surface area contributed by atoms with Gasteiger partial charge in [-0.15, -0.1) is 0 Å². The van der Waals surface area contributed by atoms with Crippen molar-refractivity contribution < 1.29 is 32.2 Å². The van der Waals surface area contributed by atoms with Crippen molar-refractivity contribution in [3.05, 3.63) is 179 Å². The van der Waals surface area contributed by atoms with Crippen LogP contribution in [0.1, 0.15) is 45.9 Å². The molecule has 0 amide bonds. The Labute approximate surface area is 391 Å². The fourth-order valence-electron chi connectivity index (χ4n) is 6.05. The number of aryl methyl sites for hydroxylation is 3. The van der Waals surface area contributed by atoms with E-state index < -0.39 is 12.6 Å². The predicted molar refractivity (Wildman–Crippen MR) is 247 cm³/mol. The number of carbonyl (C=O) groups excluding carboxylic acids is 1. The van der Waals surface area contributed by atoms with Gasteiger partial charge in [0.1, 0.15) is 41.6 Å². The average molecular weight is 942 g/mol. The molecule has 0 saturated carbocycles. The summed E-state index contributed by atoms with van der Waals surface area (Å²) in [7, 11) is 0. The van der Waals surface area contributed by atoms with Gasteiger partial charge in [-0.05, 0) is 119 Å². The Balaban J connectivity index is 0.000000153. The molecule has 0 aliphatic heterocycles. The lowest BCUT2D eigenvalue weighted by Gasteiger charge is -2.08. The zero-order valence-corrected chi connectivity index (χ0v) is 37.4.